The number of ether oxygens (including phenoxy) is 3. The number of hydrogen-bond donors (Lipinski definition) is 0. The van der Waals surface area contributed by atoms with Crippen LogP contribution in [0.2, 0.25) is 0 Å². The van der Waals surface area contributed by atoms with E-state index in [0.717, 1.165) is 12.0 Å². The highest BCUT2D eigenvalue weighted by atomic mass is 19.4. The van der Waals surface area contributed by atoms with Gasteiger partial charge in [-0.3, -0.25) is 0 Å². The average Bonchev–Trinajstić information content (AvgIpc) is 2.86. The maximum atomic E-state index is 12.9. The lowest BCUT2D eigenvalue weighted by Gasteiger charge is -2.29. The summed E-state index contributed by atoms with van der Waals surface area (Å²) in [4.78, 5) is 0. The second-order valence-corrected chi connectivity index (χ2v) is 4.23. The fraction of sp³-hybridized carbons (Fsp3) is 0.538. The van der Waals surface area contributed by atoms with Crippen molar-refractivity contribution in [3.63, 3.8) is 0 Å². The molecule has 0 atom stereocenters. The third kappa shape index (κ3) is 3.01. The van der Waals surface area contributed by atoms with Crippen LogP contribution in [0.1, 0.15) is 12.5 Å². The Kier molecular flexibility index (Phi) is 4.01. The second-order valence-electron chi connectivity index (χ2n) is 4.23. The van der Waals surface area contributed by atoms with Gasteiger partial charge in [-0.2, -0.15) is 13.2 Å². The standard InChI is InChI=1S/C13H15F3O3/c1-2-10-3-5-11(6-4-10)17-9-12(13(14,15)16)18-7-8-19-12/h3-6H,2,7-9H2,1H3. The molecule has 0 aliphatic carbocycles. The van der Waals surface area contributed by atoms with E-state index in [2.05, 4.69) is 0 Å². The molecule has 1 aromatic carbocycles. The fourth-order valence-corrected chi connectivity index (χ4v) is 1.78. The van der Waals surface area contributed by atoms with Gasteiger partial charge in [0.25, 0.3) is 0 Å². The summed E-state index contributed by atoms with van der Waals surface area (Å²) in [5.41, 5.74) is 1.09. The smallest absolute Gasteiger partial charge is 0.447 e. The fourth-order valence-electron chi connectivity index (χ4n) is 1.78. The first kappa shape index (κ1) is 14.1. The Balaban J connectivity index is 2.03. The highest BCUT2D eigenvalue weighted by Gasteiger charge is 2.61. The van der Waals surface area contributed by atoms with Gasteiger partial charge in [-0.1, -0.05) is 19.1 Å². The third-order valence-electron chi connectivity index (χ3n) is 2.95. The van der Waals surface area contributed by atoms with E-state index in [0.29, 0.717) is 5.75 Å². The van der Waals surface area contributed by atoms with Crippen LogP contribution in [0.25, 0.3) is 0 Å². The number of alkyl halides is 3. The molecule has 19 heavy (non-hydrogen) atoms. The molecule has 0 amide bonds. The van der Waals surface area contributed by atoms with Crippen LogP contribution in [0.5, 0.6) is 5.75 Å². The Morgan fingerprint density at radius 1 is 1.16 bits per heavy atom. The molecule has 3 nitrogen and oxygen atoms in total. The number of hydrogen-bond acceptors (Lipinski definition) is 3. The number of halogens is 3. The molecular weight excluding hydrogens is 261 g/mol. The minimum absolute atomic E-state index is 0.0857. The van der Waals surface area contributed by atoms with E-state index in [9.17, 15) is 13.2 Å². The van der Waals surface area contributed by atoms with Gasteiger partial charge < -0.3 is 14.2 Å². The van der Waals surface area contributed by atoms with E-state index in [1.165, 1.54) is 0 Å². The molecule has 106 valence electrons. The van der Waals surface area contributed by atoms with Crippen LogP contribution < -0.4 is 4.74 Å². The predicted octanol–water partition coefficient (Wildman–Crippen LogP) is 2.93. The first-order valence-corrected chi connectivity index (χ1v) is 6.03. The van der Waals surface area contributed by atoms with Gasteiger partial charge in [0, 0.05) is 0 Å². The molecule has 1 aliphatic heterocycles. The Hall–Kier alpha value is -1.27. The summed E-state index contributed by atoms with van der Waals surface area (Å²) in [7, 11) is 0. The van der Waals surface area contributed by atoms with Crippen LogP contribution in [0.15, 0.2) is 24.3 Å². The van der Waals surface area contributed by atoms with E-state index in [1.807, 2.05) is 19.1 Å². The first-order valence-electron chi connectivity index (χ1n) is 6.03. The average molecular weight is 276 g/mol. The SMILES string of the molecule is CCc1ccc(OCC2(C(F)(F)F)OCCO2)cc1. The molecule has 0 aromatic heterocycles. The van der Waals surface area contributed by atoms with E-state index in [-0.39, 0.29) is 13.2 Å². The van der Waals surface area contributed by atoms with Crippen molar-refractivity contribution in [2.75, 3.05) is 19.8 Å². The highest BCUT2D eigenvalue weighted by molar-refractivity contribution is 5.27. The van der Waals surface area contributed by atoms with Gasteiger partial charge in [-0.25, -0.2) is 0 Å². The van der Waals surface area contributed by atoms with Gasteiger partial charge in [0.1, 0.15) is 5.75 Å². The van der Waals surface area contributed by atoms with Gasteiger partial charge in [0.2, 0.25) is 0 Å². The number of rotatable bonds is 4. The van der Waals surface area contributed by atoms with Crippen molar-refractivity contribution in [2.24, 2.45) is 0 Å². The quantitative estimate of drug-likeness (QED) is 0.846. The van der Waals surface area contributed by atoms with E-state index < -0.39 is 18.6 Å². The van der Waals surface area contributed by atoms with Crippen molar-refractivity contribution in [3.05, 3.63) is 29.8 Å². The highest BCUT2D eigenvalue weighted by Crippen LogP contribution is 2.38. The molecule has 2 rings (SSSR count). The van der Waals surface area contributed by atoms with Crippen molar-refractivity contribution in [3.8, 4) is 5.75 Å². The lowest BCUT2D eigenvalue weighted by molar-refractivity contribution is -0.350. The van der Waals surface area contributed by atoms with Gasteiger partial charge in [-0.05, 0) is 24.1 Å². The zero-order valence-corrected chi connectivity index (χ0v) is 10.5. The van der Waals surface area contributed by atoms with Gasteiger partial charge >= 0.3 is 12.0 Å². The van der Waals surface area contributed by atoms with Gasteiger partial charge in [0.05, 0.1) is 13.2 Å². The molecule has 0 bridgehead atoms. The lowest BCUT2D eigenvalue weighted by Crippen LogP contribution is -2.51. The Morgan fingerprint density at radius 2 is 1.74 bits per heavy atom. The van der Waals surface area contributed by atoms with E-state index in [1.54, 1.807) is 12.1 Å². The third-order valence-corrected chi connectivity index (χ3v) is 2.95. The normalized spacial score (nSPS) is 18.5. The van der Waals surface area contributed by atoms with E-state index >= 15 is 0 Å². The van der Waals surface area contributed by atoms with Crippen LogP contribution in [0.4, 0.5) is 13.2 Å². The minimum atomic E-state index is -4.62. The number of aryl methyl sites for hydroxylation is 1. The molecular formula is C13H15F3O3. The summed E-state index contributed by atoms with van der Waals surface area (Å²) in [5, 5.41) is 0. The second kappa shape index (κ2) is 5.38. The molecule has 1 aliphatic rings. The molecule has 1 saturated heterocycles. The zero-order valence-electron chi connectivity index (χ0n) is 10.5. The van der Waals surface area contributed by atoms with Crippen molar-refractivity contribution in [1.29, 1.82) is 0 Å². The summed E-state index contributed by atoms with van der Waals surface area (Å²) in [6.45, 7) is 1.12. The predicted molar refractivity (Wildman–Crippen MR) is 62.0 cm³/mol. The summed E-state index contributed by atoms with van der Waals surface area (Å²) in [6.07, 6.45) is -3.76. The first-order chi connectivity index (χ1) is 8.97. The molecule has 0 saturated carbocycles. The van der Waals surface area contributed by atoms with Crippen molar-refractivity contribution < 1.29 is 27.4 Å². The van der Waals surface area contributed by atoms with Gasteiger partial charge in [-0.15, -0.1) is 0 Å². The zero-order chi connectivity index (χ0) is 13.9. The largest absolute Gasteiger partial charge is 0.488 e. The molecule has 1 heterocycles. The van der Waals surface area contributed by atoms with Gasteiger partial charge in [0.15, 0.2) is 6.61 Å². The van der Waals surface area contributed by atoms with Crippen molar-refractivity contribution >= 4 is 0 Å². The summed E-state index contributed by atoms with van der Waals surface area (Å²) < 4.78 is 53.3. The monoisotopic (exact) mass is 276 g/mol. The maximum Gasteiger partial charge on any atom is 0.447 e. The van der Waals surface area contributed by atoms with Crippen molar-refractivity contribution in [2.45, 2.75) is 25.3 Å². The molecule has 1 fully saturated rings. The topological polar surface area (TPSA) is 27.7 Å². The summed E-state index contributed by atoms with van der Waals surface area (Å²) in [5.74, 6) is -2.28. The molecule has 0 radical (unpaired) electrons. The molecule has 0 spiro atoms. The van der Waals surface area contributed by atoms with E-state index in [4.69, 9.17) is 14.2 Å². The molecule has 1 aromatic rings. The summed E-state index contributed by atoms with van der Waals surface area (Å²) in [6, 6.07) is 6.90. The van der Waals surface area contributed by atoms with Crippen LogP contribution in [0.3, 0.4) is 0 Å². The minimum Gasteiger partial charge on any atom is -0.488 e. The van der Waals surface area contributed by atoms with Crippen LogP contribution in [0, 0.1) is 0 Å². The Morgan fingerprint density at radius 3 is 2.21 bits per heavy atom. The van der Waals surface area contributed by atoms with Crippen molar-refractivity contribution in [1.82, 2.24) is 0 Å². The maximum absolute atomic E-state index is 12.9. The Labute approximate surface area is 109 Å². The summed E-state index contributed by atoms with van der Waals surface area (Å²) >= 11 is 0. The Bertz CT molecular complexity index is 408. The molecule has 6 heteroatoms. The van der Waals surface area contributed by atoms with Crippen LogP contribution in [-0.4, -0.2) is 31.8 Å². The van der Waals surface area contributed by atoms with Crippen LogP contribution >= 0.6 is 0 Å². The lowest BCUT2D eigenvalue weighted by atomic mass is 10.2. The number of benzene rings is 1. The molecule has 0 N–H and O–H groups in total. The molecule has 0 unspecified atom stereocenters. The van der Waals surface area contributed by atoms with Crippen LogP contribution in [-0.2, 0) is 15.9 Å².